The molecule has 1 amide bonds. The second kappa shape index (κ2) is 5.81. The van der Waals surface area contributed by atoms with Crippen LogP contribution in [0.3, 0.4) is 0 Å². The summed E-state index contributed by atoms with van der Waals surface area (Å²) in [4.78, 5) is 12.3. The molecular weight excluding hydrogens is 286 g/mol. The van der Waals surface area contributed by atoms with Crippen molar-refractivity contribution in [3.63, 3.8) is 0 Å². The first kappa shape index (κ1) is 14.0. The average Bonchev–Trinajstić information content (AvgIpc) is 3.03. The zero-order valence-corrected chi connectivity index (χ0v) is 12.9. The van der Waals surface area contributed by atoms with Crippen molar-refractivity contribution in [1.29, 1.82) is 0 Å². The van der Waals surface area contributed by atoms with Gasteiger partial charge in [0.25, 0.3) is 0 Å². The molecule has 1 aromatic carbocycles. The maximum Gasteiger partial charge on any atom is 0.230 e. The van der Waals surface area contributed by atoms with Crippen LogP contribution in [0, 0.1) is 0 Å². The number of para-hydroxylation sites is 1. The van der Waals surface area contributed by atoms with Crippen LogP contribution in [0.25, 0.3) is 0 Å². The minimum atomic E-state index is -0.0535. The first-order valence-electron chi connectivity index (χ1n) is 6.73. The highest BCUT2D eigenvalue weighted by Gasteiger charge is 2.22. The summed E-state index contributed by atoms with van der Waals surface area (Å²) < 4.78 is 7.03. The van der Waals surface area contributed by atoms with E-state index in [0.717, 1.165) is 39.9 Å². The summed E-state index contributed by atoms with van der Waals surface area (Å²) in [5.74, 6) is 3.33. The van der Waals surface area contributed by atoms with Crippen molar-refractivity contribution in [3.05, 3.63) is 41.1 Å². The molecule has 1 aromatic heterocycles. The molecule has 0 aliphatic carbocycles. The first-order chi connectivity index (χ1) is 10.2. The summed E-state index contributed by atoms with van der Waals surface area (Å²) in [5.41, 5.74) is 3.11. The van der Waals surface area contributed by atoms with Crippen molar-refractivity contribution < 1.29 is 9.53 Å². The molecule has 0 radical (unpaired) electrons. The predicted molar refractivity (Wildman–Crippen MR) is 83.5 cm³/mol. The minimum absolute atomic E-state index is 0.0535. The minimum Gasteiger partial charge on any atom is -0.496 e. The highest BCUT2D eigenvalue weighted by molar-refractivity contribution is 7.98. The number of carbonyl (C=O) groups excluding carboxylic acids is 1. The van der Waals surface area contributed by atoms with Crippen molar-refractivity contribution in [3.8, 4) is 5.75 Å². The Labute approximate surface area is 127 Å². The van der Waals surface area contributed by atoms with E-state index in [1.54, 1.807) is 11.8 Å². The second-order valence-corrected chi connectivity index (χ2v) is 5.91. The number of fused-ring (bicyclic) bond motifs is 1. The molecule has 2 aromatic rings. The number of ether oxygens (including phenoxy) is 1. The van der Waals surface area contributed by atoms with E-state index in [1.807, 2.05) is 43.1 Å². The molecule has 0 fully saturated rings. The molecule has 0 unspecified atom stereocenters. The number of carbonyl (C=O) groups is 1. The lowest BCUT2D eigenvalue weighted by Gasteiger charge is -2.10. The molecule has 0 bridgehead atoms. The Morgan fingerprint density at radius 1 is 1.43 bits per heavy atom. The topological polar surface area (TPSA) is 56.1 Å². The quantitative estimate of drug-likeness (QED) is 0.942. The van der Waals surface area contributed by atoms with E-state index in [4.69, 9.17) is 4.74 Å². The zero-order valence-electron chi connectivity index (χ0n) is 12.0. The van der Waals surface area contributed by atoms with Crippen molar-refractivity contribution in [2.75, 3.05) is 12.4 Å². The van der Waals surface area contributed by atoms with Crippen LogP contribution >= 0.6 is 11.8 Å². The van der Waals surface area contributed by atoms with E-state index in [2.05, 4.69) is 10.4 Å². The highest BCUT2D eigenvalue weighted by Crippen LogP contribution is 2.34. The summed E-state index contributed by atoms with van der Waals surface area (Å²) in [6.07, 6.45) is 0.289. The molecule has 1 aliphatic heterocycles. The fraction of sp³-hybridized carbons (Fsp3) is 0.333. The third-order valence-electron chi connectivity index (χ3n) is 3.52. The number of hydrogen-bond acceptors (Lipinski definition) is 4. The van der Waals surface area contributed by atoms with Crippen LogP contribution in [0.4, 0.5) is 5.82 Å². The van der Waals surface area contributed by atoms with Crippen molar-refractivity contribution in [1.82, 2.24) is 9.78 Å². The predicted octanol–water partition coefficient (Wildman–Crippen LogP) is 2.36. The highest BCUT2D eigenvalue weighted by atomic mass is 32.2. The molecule has 0 spiro atoms. The van der Waals surface area contributed by atoms with Gasteiger partial charge in [-0.3, -0.25) is 9.48 Å². The molecule has 0 atom stereocenters. The number of methoxy groups -OCH3 is 1. The van der Waals surface area contributed by atoms with Gasteiger partial charge in [0.2, 0.25) is 5.91 Å². The average molecular weight is 303 g/mol. The molecule has 6 heteroatoms. The molecule has 1 aliphatic rings. The second-order valence-electron chi connectivity index (χ2n) is 4.93. The zero-order chi connectivity index (χ0) is 14.8. The van der Waals surface area contributed by atoms with Crippen LogP contribution in [0.1, 0.15) is 16.8 Å². The summed E-state index contributed by atoms with van der Waals surface area (Å²) in [6, 6.07) is 7.57. The van der Waals surface area contributed by atoms with Crippen LogP contribution in [0.15, 0.2) is 24.3 Å². The summed E-state index contributed by atoms with van der Waals surface area (Å²) in [6.45, 7) is 0. The van der Waals surface area contributed by atoms with Crippen LogP contribution in [0.2, 0.25) is 0 Å². The monoisotopic (exact) mass is 303 g/mol. The van der Waals surface area contributed by atoms with E-state index in [-0.39, 0.29) is 12.3 Å². The van der Waals surface area contributed by atoms with Crippen molar-refractivity contribution in [2.24, 2.45) is 7.05 Å². The van der Waals surface area contributed by atoms with E-state index in [0.29, 0.717) is 0 Å². The Morgan fingerprint density at radius 2 is 2.24 bits per heavy atom. The standard InChI is InChI=1S/C15H17N3O2S/c1-18-15(11-8-21-9-12(11)17-18)16-14(19)7-10-5-3-4-6-13(10)20-2/h3-6H,7-9H2,1-2H3,(H,16,19). The van der Waals surface area contributed by atoms with E-state index < -0.39 is 0 Å². The van der Waals surface area contributed by atoms with Gasteiger partial charge in [0, 0.05) is 29.7 Å². The number of hydrogen-bond donors (Lipinski definition) is 1. The van der Waals surface area contributed by atoms with Gasteiger partial charge in [0.15, 0.2) is 0 Å². The molecule has 3 rings (SSSR count). The number of rotatable bonds is 4. The number of aryl methyl sites for hydroxylation is 1. The molecule has 21 heavy (non-hydrogen) atoms. The van der Waals surface area contributed by atoms with Crippen LogP contribution in [-0.2, 0) is 29.8 Å². The Hall–Kier alpha value is -1.95. The Morgan fingerprint density at radius 3 is 3.05 bits per heavy atom. The Kier molecular flexibility index (Phi) is 3.88. The number of nitrogens with zero attached hydrogens (tertiary/aromatic N) is 2. The number of anilines is 1. The van der Waals surface area contributed by atoms with Gasteiger partial charge >= 0.3 is 0 Å². The fourth-order valence-corrected chi connectivity index (χ4v) is 3.53. The van der Waals surface area contributed by atoms with Gasteiger partial charge in [-0.15, -0.1) is 0 Å². The number of nitrogens with one attached hydrogen (secondary N) is 1. The van der Waals surface area contributed by atoms with Crippen LogP contribution in [-0.4, -0.2) is 22.8 Å². The molecule has 110 valence electrons. The molecule has 5 nitrogen and oxygen atoms in total. The number of benzene rings is 1. The van der Waals surface area contributed by atoms with Gasteiger partial charge in [0.1, 0.15) is 11.6 Å². The summed E-state index contributed by atoms with van der Waals surface area (Å²) >= 11 is 1.82. The van der Waals surface area contributed by atoms with Gasteiger partial charge in [0.05, 0.1) is 19.2 Å². The molecular formula is C15H17N3O2S. The number of thioether (sulfide) groups is 1. The maximum atomic E-state index is 12.3. The lowest BCUT2D eigenvalue weighted by atomic mass is 10.1. The molecule has 1 N–H and O–H groups in total. The normalized spacial score (nSPS) is 13.0. The molecule has 0 saturated carbocycles. The smallest absolute Gasteiger partial charge is 0.230 e. The fourth-order valence-electron chi connectivity index (χ4n) is 2.50. The third kappa shape index (κ3) is 2.76. The lowest BCUT2D eigenvalue weighted by molar-refractivity contribution is -0.115. The van der Waals surface area contributed by atoms with E-state index in [1.165, 1.54) is 0 Å². The Bertz CT molecular complexity index is 682. The van der Waals surface area contributed by atoms with Crippen LogP contribution in [0.5, 0.6) is 5.75 Å². The molecule has 0 saturated heterocycles. The van der Waals surface area contributed by atoms with Crippen molar-refractivity contribution >= 4 is 23.5 Å². The largest absolute Gasteiger partial charge is 0.496 e. The summed E-state index contributed by atoms with van der Waals surface area (Å²) in [5, 5.41) is 7.42. The SMILES string of the molecule is COc1ccccc1CC(=O)Nc1c2c(nn1C)CSC2. The number of aromatic nitrogens is 2. The summed E-state index contributed by atoms with van der Waals surface area (Å²) in [7, 11) is 3.48. The lowest BCUT2D eigenvalue weighted by Crippen LogP contribution is -2.18. The Balaban J connectivity index is 1.75. The van der Waals surface area contributed by atoms with E-state index in [9.17, 15) is 4.79 Å². The first-order valence-corrected chi connectivity index (χ1v) is 7.88. The van der Waals surface area contributed by atoms with Gasteiger partial charge in [-0.2, -0.15) is 16.9 Å². The van der Waals surface area contributed by atoms with Gasteiger partial charge in [-0.1, -0.05) is 18.2 Å². The van der Waals surface area contributed by atoms with E-state index >= 15 is 0 Å². The maximum absolute atomic E-state index is 12.3. The third-order valence-corrected chi connectivity index (χ3v) is 4.49. The van der Waals surface area contributed by atoms with Gasteiger partial charge < -0.3 is 10.1 Å². The van der Waals surface area contributed by atoms with Crippen LogP contribution < -0.4 is 10.1 Å². The number of amides is 1. The van der Waals surface area contributed by atoms with Gasteiger partial charge in [-0.05, 0) is 6.07 Å². The molecule has 2 heterocycles. The van der Waals surface area contributed by atoms with Crippen molar-refractivity contribution in [2.45, 2.75) is 17.9 Å². The van der Waals surface area contributed by atoms with Gasteiger partial charge in [-0.25, -0.2) is 0 Å².